The fourth-order valence-corrected chi connectivity index (χ4v) is 2.51. The predicted molar refractivity (Wildman–Crippen MR) is 84.5 cm³/mol. The van der Waals surface area contributed by atoms with Gasteiger partial charge in [0.25, 0.3) is 0 Å². The van der Waals surface area contributed by atoms with Crippen LogP contribution in [0.4, 0.5) is 0 Å². The third-order valence-corrected chi connectivity index (χ3v) is 3.67. The molecule has 1 aromatic heterocycles. The fourth-order valence-electron chi connectivity index (χ4n) is 2.51. The van der Waals surface area contributed by atoms with Crippen LogP contribution in [0.5, 0.6) is 0 Å². The minimum atomic E-state index is 0.00751. The number of rotatable bonds is 4. The molecule has 4 nitrogen and oxygen atoms in total. The van der Waals surface area contributed by atoms with Crippen LogP contribution in [0, 0.1) is 6.92 Å². The molecule has 3 aromatic rings. The van der Waals surface area contributed by atoms with E-state index in [1.165, 1.54) is 11.1 Å². The maximum absolute atomic E-state index is 5.78. The second-order valence-electron chi connectivity index (χ2n) is 5.18. The maximum atomic E-state index is 5.78. The molecule has 0 aliphatic carbocycles. The van der Waals surface area contributed by atoms with Crippen molar-refractivity contribution in [2.75, 3.05) is 0 Å². The average Bonchev–Trinajstić information content (AvgIpc) is 2.54. The van der Waals surface area contributed by atoms with Gasteiger partial charge in [-0.3, -0.25) is 21.2 Å². The van der Waals surface area contributed by atoms with Crippen LogP contribution in [0.2, 0.25) is 0 Å². The minimum absolute atomic E-state index is 0.00751. The van der Waals surface area contributed by atoms with Gasteiger partial charge in [0.15, 0.2) is 0 Å². The van der Waals surface area contributed by atoms with Gasteiger partial charge in [-0.2, -0.15) is 0 Å². The number of benzene rings is 2. The molecule has 0 aliphatic rings. The molecule has 0 amide bonds. The Balaban J connectivity index is 1.96. The normalized spacial score (nSPS) is 12.5. The SMILES string of the molecule is Cc1ccc(CC(NN)c2cccc3nccnc23)cc1. The Kier molecular flexibility index (Phi) is 3.90. The Morgan fingerprint density at radius 2 is 1.81 bits per heavy atom. The molecular weight excluding hydrogens is 260 g/mol. The molecule has 0 bridgehead atoms. The third-order valence-electron chi connectivity index (χ3n) is 3.67. The molecule has 21 heavy (non-hydrogen) atoms. The lowest BCUT2D eigenvalue weighted by molar-refractivity contribution is 0.554. The summed E-state index contributed by atoms with van der Waals surface area (Å²) in [5.41, 5.74) is 8.26. The van der Waals surface area contributed by atoms with Gasteiger partial charge in [0, 0.05) is 12.4 Å². The number of hydrazine groups is 1. The number of nitrogens with one attached hydrogen (secondary N) is 1. The number of hydrogen-bond acceptors (Lipinski definition) is 4. The van der Waals surface area contributed by atoms with Gasteiger partial charge in [0.2, 0.25) is 0 Å². The van der Waals surface area contributed by atoms with E-state index in [4.69, 9.17) is 5.84 Å². The Labute approximate surface area is 124 Å². The molecule has 1 heterocycles. The number of fused-ring (bicyclic) bond motifs is 1. The van der Waals surface area contributed by atoms with E-state index >= 15 is 0 Å². The van der Waals surface area contributed by atoms with Gasteiger partial charge in [0.05, 0.1) is 17.1 Å². The highest BCUT2D eigenvalue weighted by atomic mass is 15.2. The molecule has 1 unspecified atom stereocenters. The van der Waals surface area contributed by atoms with Crippen molar-refractivity contribution in [2.24, 2.45) is 5.84 Å². The summed E-state index contributed by atoms with van der Waals surface area (Å²) < 4.78 is 0. The van der Waals surface area contributed by atoms with Crippen molar-refractivity contribution in [3.8, 4) is 0 Å². The molecule has 1 atom stereocenters. The first-order chi connectivity index (χ1) is 10.3. The Hall–Kier alpha value is -2.30. The van der Waals surface area contributed by atoms with Crippen LogP contribution in [-0.4, -0.2) is 9.97 Å². The summed E-state index contributed by atoms with van der Waals surface area (Å²) >= 11 is 0. The van der Waals surface area contributed by atoms with Gasteiger partial charge in [0.1, 0.15) is 0 Å². The maximum Gasteiger partial charge on any atom is 0.0935 e. The number of hydrogen-bond donors (Lipinski definition) is 2. The van der Waals surface area contributed by atoms with E-state index in [1.54, 1.807) is 12.4 Å². The molecule has 0 fully saturated rings. The van der Waals surface area contributed by atoms with Gasteiger partial charge in [-0.1, -0.05) is 42.0 Å². The quantitative estimate of drug-likeness (QED) is 0.569. The number of para-hydroxylation sites is 1. The van der Waals surface area contributed by atoms with Crippen molar-refractivity contribution >= 4 is 11.0 Å². The summed E-state index contributed by atoms with van der Waals surface area (Å²) in [6.45, 7) is 2.09. The van der Waals surface area contributed by atoms with Crippen LogP contribution >= 0.6 is 0 Å². The first-order valence-corrected chi connectivity index (χ1v) is 6.99. The lowest BCUT2D eigenvalue weighted by atomic mass is 9.97. The molecule has 4 heteroatoms. The lowest BCUT2D eigenvalue weighted by Gasteiger charge is -2.17. The molecule has 2 aromatic carbocycles. The zero-order valence-corrected chi connectivity index (χ0v) is 12.0. The summed E-state index contributed by atoms with van der Waals surface area (Å²) in [7, 11) is 0. The highest BCUT2D eigenvalue weighted by Gasteiger charge is 2.14. The Morgan fingerprint density at radius 3 is 2.57 bits per heavy atom. The Morgan fingerprint density at radius 1 is 1.05 bits per heavy atom. The first kappa shape index (κ1) is 13.7. The first-order valence-electron chi connectivity index (χ1n) is 6.99. The molecule has 106 valence electrons. The van der Waals surface area contributed by atoms with E-state index in [2.05, 4.69) is 52.6 Å². The monoisotopic (exact) mass is 278 g/mol. The zero-order valence-electron chi connectivity index (χ0n) is 12.0. The van der Waals surface area contributed by atoms with E-state index in [0.717, 1.165) is 23.0 Å². The summed E-state index contributed by atoms with van der Waals surface area (Å²) in [6, 6.07) is 14.5. The molecule has 0 saturated carbocycles. The smallest absolute Gasteiger partial charge is 0.0935 e. The van der Waals surface area contributed by atoms with Crippen molar-refractivity contribution in [3.63, 3.8) is 0 Å². The van der Waals surface area contributed by atoms with Gasteiger partial charge in [-0.25, -0.2) is 0 Å². The van der Waals surface area contributed by atoms with Crippen LogP contribution in [-0.2, 0) is 6.42 Å². The van der Waals surface area contributed by atoms with Gasteiger partial charge in [-0.05, 0) is 30.5 Å². The lowest BCUT2D eigenvalue weighted by Crippen LogP contribution is -2.29. The van der Waals surface area contributed by atoms with Crippen LogP contribution in [0.1, 0.15) is 22.7 Å². The second kappa shape index (κ2) is 5.99. The van der Waals surface area contributed by atoms with Crippen molar-refractivity contribution in [2.45, 2.75) is 19.4 Å². The highest BCUT2D eigenvalue weighted by Crippen LogP contribution is 2.24. The van der Waals surface area contributed by atoms with Crippen molar-refractivity contribution in [3.05, 3.63) is 71.5 Å². The third kappa shape index (κ3) is 2.91. The zero-order chi connectivity index (χ0) is 14.7. The number of nitrogens with two attached hydrogens (primary N) is 1. The molecule has 0 radical (unpaired) electrons. The standard InChI is InChI=1S/C17H18N4/c1-12-5-7-13(8-6-12)11-16(21-18)14-3-2-4-15-17(14)20-10-9-19-15/h2-10,16,21H,11,18H2,1H3. The number of aromatic nitrogens is 2. The number of aryl methyl sites for hydroxylation is 1. The average molecular weight is 278 g/mol. The van der Waals surface area contributed by atoms with Gasteiger partial charge in [-0.15, -0.1) is 0 Å². The Bertz CT molecular complexity index is 732. The van der Waals surface area contributed by atoms with Crippen LogP contribution in [0.15, 0.2) is 54.9 Å². The molecule has 3 rings (SSSR count). The van der Waals surface area contributed by atoms with Gasteiger partial charge < -0.3 is 0 Å². The molecule has 0 aliphatic heterocycles. The molecule has 0 spiro atoms. The largest absolute Gasteiger partial charge is 0.271 e. The predicted octanol–water partition coefficient (Wildman–Crippen LogP) is 2.69. The fraction of sp³-hybridized carbons (Fsp3) is 0.176. The van der Waals surface area contributed by atoms with Crippen molar-refractivity contribution in [1.82, 2.24) is 15.4 Å². The topological polar surface area (TPSA) is 63.8 Å². The van der Waals surface area contributed by atoms with Gasteiger partial charge >= 0.3 is 0 Å². The summed E-state index contributed by atoms with van der Waals surface area (Å²) in [5, 5.41) is 0. The minimum Gasteiger partial charge on any atom is -0.271 e. The van der Waals surface area contributed by atoms with Crippen molar-refractivity contribution in [1.29, 1.82) is 0 Å². The van der Waals surface area contributed by atoms with Crippen LogP contribution in [0.25, 0.3) is 11.0 Å². The van der Waals surface area contributed by atoms with E-state index in [1.807, 2.05) is 12.1 Å². The summed E-state index contributed by atoms with van der Waals surface area (Å²) in [6.07, 6.45) is 4.23. The van der Waals surface area contributed by atoms with E-state index in [0.29, 0.717) is 0 Å². The van der Waals surface area contributed by atoms with Crippen LogP contribution in [0.3, 0.4) is 0 Å². The number of nitrogens with zero attached hydrogens (tertiary/aromatic N) is 2. The van der Waals surface area contributed by atoms with Crippen LogP contribution < -0.4 is 11.3 Å². The summed E-state index contributed by atoms with van der Waals surface area (Å²) in [5.74, 6) is 5.78. The van der Waals surface area contributed by atoms with E-state index in [-0.39, 0.29) is 6.04 Å². The van der Waals surface area contributed by atoms with E-state index < -0.39 is 0 Å². The molecular formula is C17H18N4. The molecule has 0 saturated heterocycles. The second-order valence-corrected chi connectivity index (χ2v) is 5.18. The molecule has 3 N–H and O–H groups in total. The summed E-state index contributed by atoms with van der Waals surface area (Å²) in [4.78, 5) is 8.79. The highest BCUT2D eigenvalue weighted by molar-refractivity contribution is 5.78. The van der Waals surface area contributed by atoms with E-state index in [9.17, 15) is 0 Å². The van der Waals surface area contributed by atoms with Crippen molar-refractivity contribution < 1.29 is 0 Å².